The minimum atomic E-state index is 0.311. The standard InChI is InChI=1S/C15H24N2O2/c1-3-19-14-10-12(4-5-13(14)16)17-11-15(2)6-8-18-9-7-15/h4-5,10,17H,3,6-9,11,16H2,1-2H3. The minimum Gasteiger partial charge on any atom is -0.492 e. The van der Waals surface area contributed by atoms with E-state index >= 15 is 0 Å². The van der Waals surface area contributed by atoms with Crippen LogP contribution in [-0.2, 0) is 4.74 Å². The number of nitrogen functional groups attached to an aromatic ring is 1. The van der Waals surface area contributed by atoms with Crippen molar-refractivity contribution in [2.24, 2.45) is 5.41 Å². The summed E-state index contributed by atoms with van der Waals surface area (Å²) in [6.45, 7) is 7.58. The fourth-order valence-corrected chi connectivity index (χ4v) is 2.28. The number of ether oxygens (including phenoxy) is 2. The minimum absolute atomic E-state index is 0.311. The van der Waals surface area contributed by atoms with Gasteiger partial charge in [0.05, 0.1) is 12.3 Å². The maximum atomic E-state index is 5.87. The third kappa shape index (κ3) is 3.77. The first-order valence-electron chi connectivity index (χ1n) is 6.97. The molecule has 0 amide bonds. The summed E-state index contributed by atoms with van der Waals surface area (Å²) in [6.07, 6.45) is 2.21. The van der Waals surface area contributed by atoms with Gasteiger partial charge in [0.15, 0.2) is 0 Å². The second kappa shape index (κ2) is 6.15. The lowest BCUT2D eigenvalue weighted by Gasteiger charge is -2.34. The van der Waals surface area contributed by atoms with Crippen LogP contribution in [0.15, 0.2) is 18.2 Å². The lowest BCUT2D eigenvalue weighted by atomic mass is 9.82. The normalized spacial score (nSPS) is 18.0. The van der Waals surface area contributed by atoms with Crippen molar-refractivity contribution in [3.63, 3.8) is 0 Å². The monoisotopic (exact) mass is 264 g/mol. The van der Waals surface area contributed by atoms with E-state index in [0.717, 1.165) is 44.0 Å². The van der Waals surface area contributed by atoms with Gasteiger partial charge < -0.3 is 20.5 Å². The lowest BCUT2D eigenvalue weighted by Crippen LogP contribution is -2.33. The molecule has 1 fully saturated rings. The first-order valence-corrected chi connectivity index (χ1v) is 6.97. The van der Waals surface area contributed by atoms with Gasteiger partial charge in [0.2, 0.25) is 0 Å². The van der Waals surface area contributed by atoms with Crippen molar-refractivity contribution in [2.45, 2.75) is 26.7 Å². The molecule has 1 aliphatic heterocycles. The number of nitrogens with two attached hydrogens (primary N) is 1. The zero-order valence-electron chi connectivity index (χ0n) is 11.9. The van der Waals surface area contributed by atoms with Crippen molar-refractivity contribution in [2.75, 3.05) is 37.4 Å². The number of nitrogens with one attached hydrogen (secondary N) is 1. The topological polar surface area (TPSA) is 56.5 Å². The molecule has 2 rings (SSSR count). The highest BCUT2D eigenvalue weighted by atomic mass is 16.5. The molecular weight excluding hydrogens is 240 g/mol. The van der Waals surface area contributed by atoms with Crippen LogP contribution in [0.5, 0.6) is 5.75 Å². The van der Waals surface area contributed by atoms with Crippen LogP contribution in [0.4, 0.5) is 11.4 Å². The van der Waals surface area contributed by atoms with Crippen LogP contribution >= 0.6 is 0 Å². The van der Waals surface area contributed by atoms with Gasteiger partial charge in [0.25, 0.3) is 0 Å². The van der Waals surface area contributed by atoms with E-state index < -0.39 is 0 Å². The van der Waals surface area contributed by atoms with E-state index in [9.17, 15) is 0 Å². The van der Waals surface area contributed by atoms with E-state index in [1.165, 1.54) is 0 Å². The van der Waals surface area contributed by atoms with Crippen molar-refractivity contribution >= 4 is 11.4 Å². The summed E-state index contributed by atoms with van der Waals surface area (Å²) in [5.41, 5.74) is 7.93. The van der Waals surface area contributed by atoms with Crippen molar-refractivity contribution in [1.82, 2.24) is 0 Å². The van der Waals surface area contributed by atoms with Gasteiger partial charge in [-0.3, -0.25) is 0 Å². The second-order valence-corrected chi connectivity index (χ2v) is 5.46. The first kappa shape index (κ1) is 14.0. The molecule has 0 unspecified atom stereocenters. The van der Waals surface area contributed by atoms with Gasteiger partial charge in [0.1, 0.15) is 5.75 Å². The molecule has 0 bridgehead atoms. The highest BCUT2D eigenvalue weighted by Crippen LogP contribution is 2.31. The second-order valence-electron chi connectivity index (χ2n) is 5.46. The Labute approximate surface area is 115 Å². The zero-order chi connectivity index (χ0) is 13.7. The highest BCUT2D eigenvalue weighted by molar-refractivity contribution is 5.61. The molecule has 1 aromatic rings. The molecule has 3 N–H and O–H groups in total. The summed E-state index contributed by atoms with van der Waals surface area (Å²) < 4.78 is 10.9. The molecule has 0 radical (unpaired) electrons. The highest BCUT2D eigenvalue weighted by Gasteiger charge is 2.26. The molecule has 106 valence electrons. The maximum Gasteiger partial charge on any atom is 0.144 e. The number of benzene rings is 1. The van der Waals surface area contributed by atoms with E-state index in [-0.39, 0.29) is 0 Å². The van der Waals surface area contributed by atoms with Crippen molar-refractivity contribution < 1.29 is 9.47 Å². The van der Waals surface area contributed by atoms with Gasteiger partial charge in [-0.05, 0) is 37.3 Å². The molecule has 0 aliphatic carbocycles. The van der Waals surface area contributed by atoms with E-state index in [2.05, 4.69) is 12.2 Å². The van der Waals surface area contributed by atoms with Crippen molar-refractivity contribution in [3.05, 3.63) is 18.2 Å². The van der Waals surface area contributed by atoms with Crippen LogP contribution in [0.1, 0.15) is 26.7 Å². The molecule has 0 saturated carbocycles. The van der Waals surface area contributed by atoms with Gasteiger partial charge in [-0.2, -0.15) is 0 Å². The SMILES string of the molecule is CCOc1cc(NCC2(C)CCOCC2)ccc1N. The summed E-state index contributed by atoms with van der Waals surface area (Å²) in [4.78, 5) is 0. The molecule has 19 heavy (non-hydrogen) atoms. The molecule has 0 atom stereocenters. The third-order valence-corrected chi connectivity index (χ3v) is 3.73. The van der Waals surface area contributed by atoms with Crippen LogP contribution < -0.4 is 15.8 Å². The molecule has 1 heterocycles. The van der Waals surface area contributed by atoms with Crippen LogP contribution in [-0.4, -0.2) is 26.4 Å². The fourth-order valence-electron chi connectivity index (χ4n) is 2.28. The Morgan fingerprint density at radius 3 is 2.79 bits per heavy atom. The Bertz CT molecular complexity index is 415. The average Bonchev–Trinajstić information content (AvgIpc) is 2.41. The number of anilines is 2. The zero-order valence-corrected chi connectivity index (χ0v) is 11.9. The van der Waals surface area contributed by atoms with Crippen LogP contribution in [0, 0.1) is 5.41 Å². The van der Waals surface area contributed by atoms with E-state index in [1.54, 1.807) is 0 Å². The van der Waals surface area contributed by atoms with Gasteiger partial charge in [0, 0.05) is 31.5 Å². The van der Waals surface area contributed by atoms with Crippen LogP contribution in [0.25, 0.3) is 0 Å². The smallest absolute Gasteiger partial charge is 0.144 e. The summed E-state index contributed by atoms with van der Waals surface area (Å²) in [6, 6.07) is 5.86. The summed E-state index contributed by atoms with van der Waals surface area (Å²) in [5, 5.41) is 3.49. The van der Waals surface area contributed by atoms with E-state index in [0.29, 0.717) is 17.7 Å². The predicted molar refractivity (Wildman–Crippen MR) is 78.7 cm³/mol. The van der Waals surface area contributed by atoms with Gasteiger partial charge in [-0.1, -0.05) is 6.92 Å². The van der Waals surface area contributed by atoms with Crippen LogP contribution in [0.2, 0.25) is 0 Å². The largest absolute Gasteiger partial charge is 0.492 e. The molecule has 0 aromatic heterocycles. The number of hydrogen-bond donors (Lipinski definition) is 2. The summed E-state index contributed by atoms with van der Waals surface area (Å²) >= 11 is 0. The number of rotatable bonds is 5. The Morgan fingerprint density at radius 2 is 2.11 bits per heavy atom. The maximum absolute atomic E-state index is 5.87. The molecule has 1 aliphatic rings. The quantitative estimate of drug-likeness (QED) is 0.803. The number of hydrogen-bond acceptors (Lipinski definition) is 4. The van der Waals surface area contributed by atoms with E-state index in [4.69, 9.17) is 15.2 Å². The van der Waals surface area contributed by atoms with Crippen LogP contribution in [0.3, 0.4) is 0 Å². The van der Waals surface area contributed by atoms with E-state index in [1.807, 2.05) is 25.1 Å². The molecule has 0 spiro atoms. The van der Waals surface area contributed by atoms with Gasteiger partial charge in [-0.15, -0.1) is 0 Å². The summed E-state index contributed by atoms with van der Waals surface area (Å²) in [5.74, 6) is 0.754. The Kier molecular flexibility index (Phi) is 4.53. The fraction of sp³-hybridized carbons (Fsp3) is 0.600. The lowest BCUT2D eigenvalue weighted by molar-refractivity contribution is 0.0300. The van der Waals surface area contributed by atoms with Crippen molar-refractivity contribution in [3.8, 4) is 5.75 Å². The molecule has 4 heteroatoms. The Hall–Kier alpha value is -1.42. The molecule has 1 aromatic carbocycles. The first-order chi connectivity index (χ1) is 9.13. The van der Waals surface area contributed by atoms with Crippen molar-refractivity contribution in [1.29, 1.82) is 0 Å². The molecular formula is C15H24N2O2. The Morgan fingerprint density at radius 1 is 1.37 bits per heavy atom. The average molecular weight is 264 g/mol. The van der Waals surface area contributed by atoms with Gasteiger partial charge >= 0.3 is 0 Å². The molecule has 1 saturated heterocycles. The third-order valence-electron chi connectivity index (χ3n) is 3.73. The summed E-state index contributed by atoms with van der Waals surface area (Å²) in [7, 11) is 0. The Balaban J connectivity index is 1.97. The predicted octanol–water partition coefficient (Wildman–Crippen LogP) is 2.90. The van der Waals surface area contributed by atoms with Gasteiger partial charge in [-0.25, -0.2) is 0 Å². The molecule has 4 nitrogen and oxygen atoms in total.